The zero-order chi connectivity index (χ0) is 10.1. The third kappa shape index (κ3) is 1.91. The number of hydrogen-bond donors (Lipinski definition) is 1. The van der Waals surface area contributed by atoms with Crippen molar-refractivity contribution in [3.63, 3.8) is 0 Å². The first kappa shape index (κ1) is 9.34. The van der Waals surface area contributed by atoms with Gasteiger partial charge in [-0.25, -0.2) is 0 Å². The maximum absolute atomic E-state index is 4.34. The Bertz CT molecular complexity index is 323. The lowest BCUT2D eigenvalue weighted by Crippen LogP contribution is -2.33. The predicted molar refractivity (Wildman–Crippen MR) is 60.3 cm³/mol. The van der Waals surface area contributed by atoms with Gasteiger partial charge in [-0.1, -0.05) is 12.5 Å². The number of hydrogen-bond acceptors (Lipinski definition) is 2. The number of fused-ring (bicyclic) bond motifs is 2. The molecule has 0 spiro atoms. The largest absolute Gasteiger partial charge is 0.308 e. The van der Waals surface area contributed by atoms with E-state index in [0.717, 1.165) is 24.4 Å². The topological polar surface area (TPSA) is 24.9 Å². The number of nitrogens with zero attached hydrogens (tertiary/aromatic N) is 1. The summed E-state index contributed by atoms with van der Waals surface area (Å²) in [7, 11) is 0. The van der Waals surface area contributed by atoms with Gasteiger partial charge in [-0.2, -0.15) is 0 Å². The molecule has 2 bridgehead atoms. The van der Waals surface area contributed by atoms with Crippen molar-refractivity contribution < 1.29 is 0 Å². The minimum absolute atomic E-state index is 0.769. The summed E-state index contributed by atoms with van der Waals surface area (Å²) in [6.45, 7) is 0.939. The molecule has 2 aliphatic rings. The number of nitrogens with one attached hydrogen (secondary N) is 1. The highest BCUT2D eigenvalue weighted by Crippen LogP contribution is 2.44. The summed E-state index contributed by atoms with van der Waals surface area (Å²) >= 11 is 0. The molecule has 0 saturated heterocycles. The van der Waals surface area contributed by atoms with Gasteiger partial charge < -0.3 is 5.32 Å². The molecule has 2 heteroatoms. The summed E-state index contributed by atoms with van der Waals surface area (Å²) in [6.07, 6.45) is 7.67. The van der Waals surface area contributed by atoms with E-state index in [1.54, 1.807) is 0 Å². The standard InChI is InChI=1S/C13H18N2/c1-2-6-14-12(3-1)9-15-13-8-10-4-5-11(13)7-10/h1-3,6,10-11,13,15H,4-5,7-9H2/t10-,11-,13-/m1/s1. The zero-order valence-electron chi connectivity index (χ0n) is 9.02. The normalized spacial score (nSPS) is 33.5. The van der Waals surface area contributed by atoms with Gasteiger partial charge in [0.05, 0.1) is 5.69 Å². The third-order valence-corrected chi connectivity index (χ3v) is 4.01. The Kier molecular flexibility index (Phi) is 2.45. The van der Waals surface area contributed by atoms with Crippen LogP contribution in [0.5, 0.6) is 0 Å². The highest BCUT2D eigenvalue weighted by atomic mass is 14.9. The zero-order valence-corrected chi connectivity index (χ0v) is 9.02. The van der Waals surface area contributed by atoms with Gasteiger partial charge in [0, 0.05) is 18.8 Å². The van der Waals surface area contributed by atoms with Gasteiger partial charge in [0.2, 0.25) is 0 Å². The van der Waals surface area contributed by atoms with Crippen LogP contribution in [0.1, 0.15) is 31.4 Å². The van der Waals surface area contributed by atoms with Crippen LogP contribution in [0.2, 0.25) is 0 Å². The summed E-state index contributed by atoms with van der Waals surface area (Å²) in [5.41, 5.74) is 1.17. The molecular weight excluding hydrogens is 184 g/mol. The molecule has 0 unspecified atom stereocenters. The second kappa shape index (κ2) is 3.93. The van der Waals surface area contributed by atoms with E-state index >= 15 is 0 Å². The average Bonchev–Trinajstić information content (AvgIpc) is 2.89. The number of pyridine rings is 1. The summed E-state index contributed by atoms with van der Waals surface area (Å²) in [6, 6.07) is 6.90. The van der Waals surface area contributed by atoms with Crippen molar-refractivity contribution >= 4 is 0 Å². The Hall–Kier alpha value is -0.890. The maximum Gasteiger partial charge on any atom is 0.0541 e. The fourth-order valence-corrected chi connectivity index (χ4v) is 3.23. The molecule has 0 aliphatic heterocycles. The third-order valence-electron chi connectivity index (χ3n) is 4.01. The van der Waals surface area contributed by atoms with Crippen LogP contribution in [0.15, 0.2) is 24.4 Å². The molecule has 80 valence electrons. The molecule has 0 aromatic carbocycles. The van der Waals surface area contributed by atoms with Crippen LogP contribution in [0, 0.1) is 11.8 Å². The van der Waals surface area contributed by atoms with E-state index in [1.807, 2.05) is 12.3 Å². The summed E-state index contributed by atoms with van der Waals surface area (Å²) < 4.78 is 0. The van der Waals surface area contributed by atoms with E-state index in [2.05, 4.69) is 22.4 Å². The quantitative estimate of drug-likeness (QED) is 0.814. The van der Waals surface area contributed by atoms with E-state index < -0.39 is 0 Å². The lowest BCUT2D eigenvalue weighted by Gasteiger charge is -2.22. The van der Waals surface area contributed by atoms with Gasteiger partial charge in [-0.05, 0) is 43.2 Å². The van der Waals surface area contributed by atoms with Crippen molar-refractivity contribution in [3.05, 3.63) is 30.1 Å². The van der Waals surface area contributed by atoms with Crippen molar-refractivity contribution in [2.45, 2.75) is 38.3 Å². The molecular formula is C13H18N2. The predicted octanol–water partition coefficient (Wildman–Crippen LogP) is 2.36. The van der Waals surface area contributed by atoms with Gasteiger partial charge in [0.15, 0.2) is 0 Å². The van der Waals surface area contributed by atoms with Gasteiger partial charge in [0.25, 0.3) is 0 Å². The second-order valence-corrected chi connectivity index (χ2v) is 4.98. The minimum Gasteiger partial charge on any atom is -0.308 e. The van der Waals surface area contributed by atoms with Gasteiger partial charge in [-0.3, -0.25) is 4.98 Å². The van der Waals surface area contributed by atoms with Crippen molar-refractivity contribution in [2.75, 3.05) is 0 Å². The second-order valence-electron chi connectivity index (χ2n) is 4.98. The molecule has 1 aromatic heterocycles. The van der Waals surface area contributed by atoms with Crippen molar-refractivity contribution in [1.82, 2.24) is 10.3 Å². The van der Waals surface area contributed by atoms with E-state index in [9.17, 15) is 0 Å². The van der Waals surface area contributed by atoms with Crippen LogP contribution in [0.25, 0.3) is 0 Å². The molecule has 1 N–H and O–H groups in total. The van der Waals surface area contributed by atoms with E-state index in [4.69, 9.17) is 0 Å². The summed E-state index contributed by atoms with van der Waals surface area (Å²) in [5, 5.41) is 3.67. The molecule has 0 radical (unpaired) electrons. The fraction of sp³-hybridized carbons (Fsp3) is 0.615. The van der Waals surface area contributed by atoms with E-state index in [1.165, 1.54) is 31.4 Å². The molecule has 3 rings (SSSR count). The van der Waals surface area contributed by atoms with Crippen LogP contribution in [-0.2, 0) is 6.54 Å². The van der Waals surface area contributed by atoms with Crippen molar-refractivity contribution in [3.8, 4) is 0 Å². The van der Waals surface area contributed by atoms with Crippen LogP contribution >= 0.6 is 0 Å². The smallest absolute Gasteiger partial charge is 0.0541 e. The number of rotatable bonds is 3. The first-order chi connectivity index (χ1) is 7.42. The summed E-state index contributed by atoms with van der Waals surface area (Å²) in [4.78, 5) is 4.34. The summed E-state index contributed by atoms with van der Waals surface area (Å²) in [5.74, 6) is 1.98. The Morgan fingerprint density at radius 3 is 2.93 bits per heavy atom. The average molecular weight is 202 g/mol. The highest BCUT2D eigenvalue weighted by Gasteiger charge is 2.38. The van der Waals surface area contributed by atoms with Gasteiger partial charge in [0.1, 0.15) is 0 Å². The molecule has 0 amide bonds. The first-order valence-electron chi connectivity index (χ1n) is 6.05. The first-order valence-corrected chi connectivity index (χ1v) is 6.05. The molecule has 15 heavy (non-hydrogen) atoms. The van der Waals surface area contributed by atoms with Crippen molar-refractivity contribution in [2.24, 2.45) is 11.8 Å². The minimum atomic E-state index is 0.769. The Labute approximate surface area is 91.1 Å². The monoisotopic (exact) mass is 202 g/mol. The molecule has 1 aromatic rings. The van der Waals surface area contributed by atoms with Crippen molar-refractivity contribution in [1.29, 1.82) is 0 Å². The van der Waals surface area contributed by atoms with Crippen LogP contribution in [0.3, 0.4) is 0 Å². The van der Waals surface area contributed by atoms with E-state index in [-0.39, 0.29) is 0 Å². The molecule has 2 fully saturated rings. The van der Waals surface area contributed by atoms with Gasteiger partial charge >= 0.3 is 0 Å². The molecule has 2 aliphatic carbocycles. The Balaban J connectivity index is 1.55. The van der Waals surface area contributed by atoms with E-state index in [0.29, 0.717) is 0 Å². The lowest BCUT2D eigenvalue weighted by atomic mass is 9.95. The fourth-order valence-electron chi connectivity index (χ4n) is 3.23. The highest BCUT2D eigenvalue weighted by molar-refractivity contribution is 5.04. The van der Waals surface area contributed by atoms with Crippen LogP contribution in [-0.4, -0.2) is 11.0 Å². The Morgan fingerprint density at radius 1 is 1.27 bits per heavy atom. The molecule has 3 atom stereocenters. The molecule has 1 heterocycles. The van der Waals surface area contributed by atoms with Crippen LogP contribution < -0.4 is 5.32 Å². The Morgan fingerprint density at radius 2 is 2.27 bits per heavy atom. The van der Waals surface area contributed by atoms with Crippen LogP contribution in [0.4, 0.5) is 0 Å². The molecule has 2 saturated carbocycles. The number of aromatic nitrogens is 1. The SMILES string of the molecule is c1ccc(CN[C@@H]2C[C@@H]3CC[C@@H]2C3)nc1. The maximum atomic E-state index is 4.34. The lowest BCUT2D eigenvalue weighted by molar-refractivity contribution is 0.349. The molecule has 2 nitrogen and oxygen atoms in total. The van der Waals surface area contributed by atoms with Gasteiger partial charge in [-0.15, -0.1) is 0 Å².